The zero-order chi connectivity index (χ0) is 14.7. The molecule has 4 atom stereocenters. The van der Waals surface area contributed by atoms with Crippen LogP contribution in [0.15, 0.2) is 29.2 Å². The summed E-state index contributed by atoms with van der Waals surface area (Å²) in [6, 6.07) is 7.78. The topological polar surface area (TPSA) is 26.3 Å². The Hall–Kier alpha value is -0.670. The molecule has 2 rings (SSSR count). The third-order valence-corrected chi connectivity index (χ3v) is 5.46. The number of hydrogen-bond donors (Lipinski definition) is 0. The van der Waals surface area contributed by atoms with Gasteiger partial charge in [-0.2, -0.15) is 0 Å². The van der Waals surface area contributed by atoms with Gasteiger partial charge in [0.1, 0.15) is 0 Å². The Labute approximate surface area is 125 Å². The fourth-order valence-corrected chi connectivity index (χ4v) is 3.96. The van der Waals surface area contributed by atoms with Crippen LogP contribution in [-0.4, -0.2) is 10.3 Å². The Kier molecular flexibility index (Phi) is 5.39. The Morgan fingerprint density at radius 1 is 1.20 bits per heavy atom. The normalized spacial score (nSPS) is 28.6. The Balaban J connectivity index is 2.05. The van der Waals surface area contributed by atoms with E-state index in [0.717, 1.165) is 11.3 Å². The highest BCUT2D eigenvalue weighted by Crippen LogP contribution is 2.36. The zero-order valence-corrected chi connectivity index (χ0v) is 13.8. The number of benzene rings is 1. The molecule has 1 saturated carbocycles. The van der Waals surface area contributed by atoms with Crippen molar-refractivity contribution in [2.75, 3.05) is 0 Å². The predicted molar refractivity (Wildman–Crippen MR) is 83.8 cm³/mol. The van der Waals surface area contributed by atoms with Crippen LogP contribution in [0.3, 0.4) is 0 Å². The summed E-state index contributed by atoms with van der Waals surface area (Å²) in [5.74, 6) is 1.79. The van der Waals surface area contributed by atoms with Crippen molar-refractivity contribution in [3.63, 3.8) is 0 Å². The highest BCUT2D eigenvalue weighted by atomic mass is 32.2. The van der Waals surface area contributed by atoms with E-state index in [-0.39, 0.29) is 6.10 Å². The molecule has 0 aliphatic heterocycles. The van der Waals surface area contributed by atoms with Gasteiger partial charge in [-0.3, -0.25) is 4.18 Å². The van der Waals surface area contributed by atoms with E-state index in [1.54, 1.807) is 0 Å². The van der Waals surface area contributed by atoms with Crippen LogP contribution < -0.4 is 0 Å². The second kappa shape index (κ2) is 6.86. The average Bonchev–Trinajstić information content (AvgIpc) is 2.39. The molecule has 20 heavy (non-hydrogen) atoms. The largest absolute Gasteiger partial charge is 0.283 e. The quantitative estimate of drug-likeness (QED) is 0.817. The molecule has 1 fully saturated rings. The summed E-state index contributed by atoms with van der Waals surface area (Å²) in [7, 11) is 0. The average molecular weight is 294 g/mol. The molecule has 0 saturated heterocycles. The van der Waals surface area contributed by atoms with Gasteiger partial charge in [-0.25, -0.2) is 4.21 Å². The molecule has 1 unspecified atom stereocenters. The molecule has 0 heterocycles. The number of aryl methyl sites for hydroxylation is 1. The van der Waals surface area contributed by atoms with Crippen LogP contribution in [0.4, 0.5) is 0 Å². The minimum Gasteiger partial charge on any atom is -0.283 e. The first-order valence-electron chi connectivity index (χ1n) is 7.63. The standard InChI is InChI=1S/C17H26O2S/c1-12(2)16-10-7-14(4)11-17(16)19-20(18)15-8-5-13(3)6-9-15/h5-6,8-9,12,14,16-17H,7,10-11H2,1-4H3/t14-,16+,17?,20+/m1/s1. The van der Waals surface area contributed by atoms with E-state index in [2.05, 4.69) is 20.8 Å². The first kappa shape index (κ1) is 15.7. The predicted octanol–water partition coefficient (Wildman–Crippen LogP) is 4.50. The van der Waals surface area contributed by atoms with E-state index in [1.807, 2.05) is 31.2 Å². The van der Waals surface area contributed by atoms with Crippen molar-refractivity contribution in [3.8, 4) is 0 Å². The monoisotopic (exact) mass is 294 g/mol. The number of hydrogen-bond acceptors (Lipinski definition) is 2. The summed E-state index contributed by atoms with van der Waals surface area (Å²) >= 11 is -1.34. The second-order valence-corrected chi connectivity index (χ2v) is 7.64. The maximum absolute atomic E-state index is 12.4. The van der Waals surface area contributed by atoms with Crippen molar-refractivity contribution in [1.29, 1.82) is 0 Å². The zero-order valence-electron chi connectivity index (χ0n) is 13.0. The molecule has 0 amide bonds. The lowest BCUT2D eigenvalue weighted by Crippen LogP contribution is -2.34. The van der Waals surface area contributed by atoms with Gasteiger partial charge in [-0.15, -0.1) is 0 Å². The molecule has 0 spiro atoms. The molecule has 0 N–H and O–H groups in total. The minimum atomic E-state index is -1.34. The van der Waals surface area contributed by atoms with E-state index in [4.69, 9.17) is 4.18 Å². The fourth-order valence-electron chi connectivity index (χ4n) is 3.04. The van der Waals surface area contributed by atoms with Crippen molar-refractivity contribution >= 4 is 11.1 Å². The van der Waals surface area contributed by atoms with Gasteiger partial charge in [-0.1, -0.05) is 44.9 Å². The van der Waals surface area contributed by atoms with E-state index in [0.29, 0.717) is 17.8 Å². The molecular weight excluding hydrogens is 268 g/mol. The first-order chi connectivity index (χ1) is 9.47. The fraction of sp³-hybridized carbons (Fsp3) is 0.647. The van der Waals surface area contributed by atoms with Gasteiger partial charge in [0.05, 0.1) is 11.0 Å². The van der Waals surface area contributed by atoms with Crippen LogP contribution in [0.2, 0.25) is 0 Å². The van der Waals surface area contributed by atoms with Crippen LogP contribution in [0, 0.1) is 24.7 Å². The molecule has 0 aromatic heterocycles. The lowest BCUT2D eigenvalue weighted by atomic mass is 9.75. The highest BCUT2D eigenvalue weighted by Gasteiger charge is 2.33. The van der Waals surface area contributed by atoms with Gasteiger partial charge in [0.15, 0.2) is 11.1 Å². The highest BCUT2D eigenvalue weighted by molar-refractivity contribution is 7.80. The van der Waals surface area contributed by atoms with E-state index < -0.39 is 11.1 Å². The van der Waals surface area contributed by atoms with Crippen molar-refractivity contribution in [3.05, 3.63) is 29.8 Å². The van der Waals surface area contributed by atoms with Crippen LogP contribution >= 0.6 is 0 Å². The summed E-state index contributed by atoms with van der Waals surface area (Å²) in [4.78, 5) is 0.774. The molecule has 112 valence electrons. The summed E-state index contributed by atoms with van der Waals surface area (Å²) in [5, 5.41) is 0. The van der Waals surface area contributed by atoms with Gasteiger partial charge in [0.25, 0.3) is 0 Å². The van der Waals surface area contributed by atoms with Crippen LogP contribution in [0.25, 0.3) is 0 Å². The Bertz CT molecular complexity index is 453. The number of rotatable bonds is 4. The van der Waals surface area contributed by atoms with E-state index in [1.165, 1.54) is 18.4 Å². The first-order valence-corrected chi connectivity index (χ1v) is 8.70. The van der Waals surface area contributed by atoms with E-state index in [9.17, 15) is 4.21 Å². The molecule has 1 aliphatic rings. The van der Waals surface area contributed by atoms with E-state index >= 15 is 0 Å². The molecule has 2 nitrogen and oxygen atoms in total. The summed E-state index contributed by atoms with van der Waals surface area (Å²) in [6.45, 7) is 8.78. The smallest absolute Gasteiger partial charge is 0.189 e. The lowest BCUT2D eigenvalue weighted by Gasteiger charge is -2.36. The molecule has 3 heteroatoms. The van der Waals surface area contributed by atoms with Crippen LogP contribution in [0.1, 0.15) is 45.6 Å². The summed E-state index contributed by atoms with van der Waals surface area (Å²) in [6.07, 6.45) is 3.61. The second-order valence-electron chi connectivity index (χ2n) is 6.51. The maximum atomic E-state index is 12.4. The SMILES string of the molecule is Cc1ccc([S@@](=O)OC2C[C@H](C)CC[C@H]2C(C)C)cc1. The van der Waals surface area contributed by atoms with Crippen molar-refractivity contribution in [2.45, 2.75) is 58.0 Å². The van der Waals surface area contributed by atoms with Crippen molar-refractivity contribution < 1.29 is 8.39 Å². The van der Waals surface area contributed by atoms with Crippen molar-refractivity contribution in [2.24, 2.45) is 17.8 Å². The maximum Gasteiger partial charge on any atom is 0.189 e. The minimum absolute atomic E-state index is 0.126. The van der Waals surface area contributed by atoms with Crippen LogP contribution in [0.5, 0.6) is 0 Å². The van der Waals surface area contributed by atoms with Crippen LogP contribution in [-0.2, 0) is 15.3 Å². The molecular formula is C17H26O2S. The third-order valence-electron chi connectivity index (χ3n) is 4.39. The third kappa shape index (κ3) is 3.92. The summed E-state index contributed by atoms with van der Waals surface area (Å²) < 4.78 is 18.3. The lowest BCUT2D eigenvalue weighted by molar-refractivity contribution is 0.0567. The summed E-state index contributed by atoms with van der Waals surface area (Å²) in [5.41, 5.74) is 1.18. The molecule has 0 radical (unpaired) electrons. The Morgan fingerprint density at radius 2 is 1.85 bits per heavy atom. The molecule has 1 aliphatic carbocycles. The molecule has 0 bridgehead atoms. The van der Waals surface area contributed by atoms with Crippen molar-refractivity contribution in [1.82, 2.24) is 0 Å². The molecule has 1 aromatic carbocycles. The Morgan fingerprint density at radius 3 is 2.45 bits per heavy atom. The van der Waals surface area contributed by atoms with Gasteiger partial charge in [-0.05, 0) is 49.7 Å². The van der Waals surface area contributed by atoms with Gasteiger partial charge < -0.3 is 0 Å². The van der Waals surface area contributed by atoms with Gasteiger partial charge in [0, 0.05) is 0 Å². The van der Waals surface area contributed by atoms with Gasteiger partial charge in [0.2, 0.25) is 0 Å². The molecule has 1 aromatic rings. The van der Waals surface area contributed by atoms with Gasteiger partial charge >= 0.3 is 0 Å².